The summed E-state index contributed by atoms with van der Waals surface area (Å²) in [4.78, 5) is 9.52. The zero-order chi connectivity index (χ0) is 25.2. The molecule has 1 aromatic heterocycles. The topological polar surface area (TPSA) is 49.6 Å². The van der Waals surface area contributed by atoms with E-state index >= 15 is 0 Å². The smallest absolute Gasteiger partial charge is 0.159 e. The molecule has 0 spiro atoms. The first-order valence-electron chi connectivity index (χ1n) is 15.0. The van der Waals surface area contributed by atoms with E-state index in [0.29, 0.717) is 11.8 Å². The number of nitriles is 1. The largest absolute Gasteiger partial charge is 0.236 e. The molecule has 0 unspecified atom stereocenters. The average molecular weight is 486 g/mol. The SMILES string of the molecule is CCCCCC[C@]1(C#N)CC[C@H](c2ccc(-c3ncc([C@H]4CC[C@H](CCCC)CC4)cn3)cc2)CC1. The van der Waals surface area contributed by atoms with E-state index < -0.39 is 0 Å². The predicted octanol–water partition coefficient (Wildman–Crippen LogP) is 9.75. The zero-order valence-corrected chi connectivity index (χ0v) is 22.9. The van der Waals surface area contributed by atoms with Gasteiger partial charge in [0.15, 0.2) is 5.82 Å². The number of unbranched alkanes of at least 4 members (excludes halogenated alkanes) is 4. The quantitative estimate of drug-likeness (QED) is 0.298. The third kappa shape index (κ3) is 6.96. The van der Waals surface area contributed by atoms with Crippen molar-refractivity contribution in [2.75, 3.05) is 0 Å². The maximum Gasteiger partial charge on any atom is 0.159 e. The van der Waals surface area contributed by atoms with Crippen molar-refractivity contribution in [1.29, 1.82) is 5.26 Å². The van der Waals surface area contributed by atoms with E-state index in [2.05, 4.69) is 56.6 Å². The van der Waals surface area contributed by atoms with E-state index in [4.69, 9.17) is 9.97 Å². The second-order valence-corrected chi connectivity index (χ2v) is 11.8. The summed E-state index contributed by atoms with van der Waals surface area (Å²) in [6, 6.07) is 11.7. The van der Waals surface area contributed by atoms with Gasteiger partial charge in [-0.2, -0.15) is 5.26 Å². The van der Waals surface area contributed by atoms with Crippen molar-refractivity contribution in [3.05, 3.63) is 47.8 Å². The van der Waals surface area contributed by atoms with Crippen molar-refractivity contribution in [3.8, 4) is 17.5 Å². The Hall–Kier alpha value is -2.21. The minimum absolute atomic E-state index is 0.0749. The number of aromatic nitrogens is 2. The lowest BCUT2D eigenvalue weighted by Gasteiger charge is -2.35. The molecule has 194 valence electrons. The Kier molecular flexibility index (Phi) is 9.97. The van der Waals surface area contributed by atoms with E-state index in [9.17, 15) is 5.26 Å². The molecule has 0 saturated heterocycles. The molecule has 4 rings (SSSR count). The highest BCUT2D eigenvalue weighted by Crippen LogP contribution is 2.46. The predicted molar refractivity (Wildman–Crippen MR) is 150 cm³/mol. The third-order valence-electron chi connectivity index (χ3n) is 9.28. The first-order valence-corrected chi connectivity index (χ1v) is 15.0. The van der Waals surface area contributed by atoms with Crippen molar-refractivity contribution in [2.45, 2.75) is 128 Å². The van der Waals surface area contributed by atoms with E-state index in [-0.39, 0.29) is 5.41 Å². The van der Waals surface area contributed by atoms with Gasteiger partial charge in [0.05, 0.1) is 11.5 Å². The van der Waals surface area contributed by atoms with Crippen molar-refractivity contribution in [1.82, 2.24) is 9.97 Å². The van der Waals surface area contributed by atoms with Gasteiger partial charge in [0, 0.05) is 18.0 Å². The molecule has 3 nitrogen and oxygen atoms in total. The molecule has 2 aliphatic rings. The lowest BCUT2D eigenvalue weighted by Crippen LogP contribution is -2.25. The lowest BCUT2D eigenvalue weighted by molar-refractivity contribution is 0.223. The Morgan fingerprint density at radius 2 is 1.42 bits per heavy atom. The van der Waals surface area contributed by atoms with Crippen LogP contribution in [-0.4, -0.2) is 9.97 Å². The molecule has 2 saturated carbocycles. The molecule has 2 aromatic rings. The molecule has 0 amide bonds. The fourth-order valence-corrected chi connectivity index (χ4v) is 6.69. The summed E-state index contributed by atoms with van der Waals surface area (Å²) in [5, 5.41) is 9.90. The summed E-state index contributed by atoms with van der Waals surface area (Å²) in [5.74, 6) is 2.98. The van der Waals surface area contributed by atoms with Crippen LogP contribution in [0.2, 0.25) is 0 Å². The lowest BCUT2D eigenvalue weighted by atomic mass is 9.67. The summed E-state index contributed by atoms with van der Waals surface area (Å²) < 4.78 is 0. The van der Waals surface area contributed by atoms with Gasteiger partial charge >= 0.3 is 0 Å². The van der Waals surface area contributed by atoms with Crippen molar-refractivity contribution in [3.63, 3.8) is 0 Å². The van der Waals surface area contributed by atoms with Crippen molar-refractivity contribution < 1.29 is 0 Å². The maximum atomic E-state index is 9.90. The summed E-state index contributed by atoms with van der Waals surface area (Å²) >= 11 is 0. The molecular formula is C33H47N3. The van der Waals surface area contributed by atoms with Gasteiger partial charge in [-0.15, -0.1) is 0 Å². The fraction of sp³-hybridized carbons (Fsp3) is 0.667. The van der Waals surface area contributed by atoms with Gasteiger partial charge in [0.2, 0.25) is 0 Å². The van der Waals surface area contributed by atoms with Gasteiger partial charge in [-0.05, 0) is 86.7 Å². The molecule has 0 bridgehead atoms. The molecule has 0 atom stereocenters. The molecule has 2 fully saturated rings. The maximum absolute atomic E-state index is 9.90. The summed E-state index contributed by atoms with van der Waals surface area (Å²) in [6.07, 6.45) is 24.1. The average Bonchev–Trinajstić information content (AvgIpc) is 2.95. The third-order valence-corrected chi connectivity index (χ3v) is 9.28. The van der Waals surface area contributed by atoms with Crippen LogP contribution in [0.15, 0.2) is 36.7 Å². The van der Waals surface area contributed by atoms with Crippen LogP contribution in [0.1, 0.15) is 140 Å². The number of nitrogens with zero attached hydrogens (tertiary/aromatic N) is 3. The Morgan fingerprint density at radius 1 is 0.778 bits per heavy atom. The minimum atomic E-state index is -0.0749. The Labute approximate surface area is 220 Å². The summed E-state index contributed by atoms with van der Waals surface area (Å²) in [7, 11) is 0. The molecule has 2 aliphatic carbocycles. The summed E-state index contributed by atoms with van der Waals surface area (Å²) in [5.41, 5.74) is 3.76. The van der Waals surface area contributed by atoms with Crippen LogP contribution < -0.4 is 0 Å². The van der Waals surface area contributed by atoms with Gasteiger partial charge in [-0.25, -0.2) is 9.97 Å². The van der Waals surface area contributed by atoms with Crippen LogP contribution in [0.3, 0.4) is 0 Å². The molecule has 36 heavy (non-hydrogen) atoms. The molecule has 0 radical (unpaired) electrons. The van der Waals surface area contributed by atoms with Crippen LogP contribution in [-0.2, 0) is 0 Å². The molecule has 0 aliphatic heterocycles. The molecule has 1 heterocycles. The number of hydrogen-bond acceptors (Lipinski definition) is 3. The minimum Gasteiger partial charge on any atom is -0.236 e. The fourth-order valence-electron chi connectivity index (χ4n) is 6.69. The van der Waals surface area contributed by atoms with Crippen LogP contribution in [0.4, 0.5) is 0 Å². The summed E-state index contributed by atoms with van der Waals surface area (Å²) in [6.45, 7) is 4.54. The second kappa shape index (κ2) is 13.4. The van der Waals surface area contributed by atoms with Gasteiger partial charge in [-0.3, -0.25) is 0 Å². The van der Waals surface area contributed by atoms with Crippen LogP contribution in [0.25, 0.3) is 11.4 Å². The first-order chi connectivity index (χ1) is 17.7. The second-order valence-electron chi connectivity index (χ2n) is 11.8. The molecule has 0 N–H and O–H groups in total. The van der Waals surface area contributed by atoms with Gasteiger partial charge in [-0.1, -0.05) is 83.1 Å². The van der Waals surface area contributed by atoms with E-state index in [1.807, 2.05) is 0 Å². The van der Waals surface area contributed by atoms with E-state index in [1.54, 1.807) is 0 Å². The highest BCUT2D eigenvalue weighted by Gasteiger charge is 2.35. The van der Waals surface area contributed by atoms with Gasteiger partial charge in [0.25, 0.3) is 0 Å². The van der Waals surface area contributed by atoms with Gasteiger partial charge in [0.1, 0.15) is 0 Å². The Morgan fingerprint density at radius 3 is 2.03 bits per heavy atom. The monoisotopic (exact) mass is 485 g/mol. The Balaban J connectivity index is 1.29. The normalized spacial score (nSPS) is 26.4. The molecule has 1 aromatic carbocycles. The van der Waals surface area contributed by atoms with Crippen LogP contribution in [0.5, 0.6) is 0 Å². The highest BCUT2D eigenvalue weighted by molar-refractivity contribution is 5.55. The van der Waals surface area contributed by atoms with Crippen molar-refractivity contribution in [2.24, 2.45) is 11.3 Å². The van der Waals surface area contributed by atoms with Gasteiger partial charge < -0.3 is 0 Å². The molecular weight excluding hydrogens is 438 g/mol. The zero-order valence-electron chi connectivity index (χ0n) is 22.9. The van der Waals surface area contributed by atoms with E-state index in [0.717, 1.165) is 49.4 Å². The molecule has 3 heteroatoms. The number of benzene rings is 1. The Bertz CT molecular complexity index is 940. The highest BCUT2D eigenvalue weighted by atomic mass is 14.9. The number of rotatable bonds is 11. The van der Waals surface area contributed by atoms with Crippen LogP contribution >= 0.6 is 0 Å². The van der Waals surface area contributed by atoms with E-state index in [1.165, 1.54) is 81.8 Å². The number of hydrogen-bond donors (Lipinski definition) is 0. The standard InChI is InChI=1S/C33H47N3/c1-3-5-7-8-20-33(25-34)21-18-29(19-22-33)27-14-16-30(17-15-27)32-35-23-31(24-36-32)28-12-10-26(11-13-28)9-6-4-2/h14-17,23-24,26,28-29H,3-13,18-22H2,1-2H3/t26-,28-,29-,33-. The van der Waals surface area contributed by atoms with Crippen LogP contribution in [0, 0.1) is 22.7 Å². The van der Waals surface area contributed by atoms with Crippen molar-refractivity contribution >= 4 is 0 Å². The first kappa shape index (κ1) is 26.8.